The van der Waals surface area contributed by atoms with E-state index in [1.54, 1.807) is 0 Å². The van der Waals surface area contributed by atoms with E-state index in [2.05, 4.69) is 15.2 Å². The van der Waals surface area contributed by atoms with E-state index in [0.717, 1.165) is 24.4 Å². The maximum Gasteiger partial charge on any atom is 0.220 e. The number of carbonyl (C=O) groups is 1. The molecule has 6 heteroatoms. The summed E-state index contributed by atoms with van der Waals surface area (Å²) in [5, 5.41) is 3.03. The Morgan fingerprint density at radius 3 is 2.62 bits per heavy atom. The predicted octanol–water partition coefficient (Wildman–Crippen LogP) is 2.84. The van der Waals surface area contributed by atoms with Gasteiger partial charge in [0.15, 0.2) is 5.96 Å². The van der Waals surface area contributed by atoms with Crippen molar-refractivity contribution in [3.8, 4) is 5.75 Å². The van der Waals surface area contributed by atoms with Crippen molar-refractivity contribution in [2.45, 2.75) is 52.0 Å². The molecule has 1 aromatic carbocycles. The number of amides is 1. The molecule has 0 saturated carbocycles. The second kappa shape index (κ2) is 10.7. The molecule has 0 aliphatic carbocycles. The highest BCUT2D eigenvalue weighted by atomic mass is 16.5. The third-order valence-electron chi connectivity index (χ3n) is 4.58. The Morgan fingerprint density at radius 2 is 1.96 bits per heavy atom. The molecule has 0 aromatic heterocycles. The molecule has 26 heavy (non-hydrogen) atoms. The Balaban J connectivity index is 1.69. The van der Waals surface area contributed by atoms with Crippen molar-refractivity contribution in [1.82, 2.24) is 10.2 Å². The molecule has 1 heterocycles. The van der Waals surface area contributed by atoms with E-state index < -0.39 is 0 Å². The first-order chi connectivity index (χ1) is 12.6. The predicted molar refractivity (Wildman–Crippen MR) is 105 cm³/mol. The molecule has 0 spiro atoms. The Labute approximate surface area is 156 Å². The number of nitrogens with one attached hydrogen (secondary N) is 1. The minimum atomic E-state index is -0.0277. The molecule has 0 bridgehead atoms. The van der Waals surface area contributed by atoms with Gasteiger partial charge in [0, 0.05) is 26.1 Å². The van der Waals surface area contributed by atoms with E-state index in [1.165, 1.54) is 19.3 Å². The minimum absolute atomic E-state index is 0.0277. The van der Waals surface area contributed by atoms with Crippen LogP contribution in [0.2, 0.25) is 0 Å². The van der Waals surface area contributed by atoms with Crippen molar-refractivity contribution in [2.75, 3.05) is 26.2 Å². The minimum Gasteiger partial charge on any atom is -0.494 e. The highest BCUT2D eigenvalue weighted by Gasteiger charge is 2.12. The van der Waals surface area contributed by atoms with Gasteiger partial charge in [-0.15, -0.1) is 0 Å². The van der Waals surface area contributed by atoms with E-state index in [0.29, 0.717) is 32.0 Å². The number of aliphatic imine (C=N–C) groups is 1. The van der Waals surface area contributed by atoms with Gasteiger partial charge in [0.1, 0.15) is 5.75 Å². The number of hydrogen-bond donors (Lipinski definition) is 2. The number of guanidine groups is 1. The molecular formula is C20H32N4O2. The number of carbonyl (C=O) groups excluding carboxylic acids is 1. The molecule has 6 nitrogen and oxygen atoms in total. The molecule has 144 valence electrons. The standard InChI is InChI=1S/C20H32N4O2/c1-3-26-18-11-9-17(10-12-18)16(2)23-19(25)8-7-13-22-20(21)24-14-5-4-6-15-24/h9-12,16H,3-8,13-15H2,1-2H3,(H2,21,22)(H,23,25). The lowest BCUT2D eigenvalue weighted by Gasteiger charge is -2.27. The fourth-order valence-corrected chi connectivity index (χ4v) is 3.07. The first-order valence-electron chi connectivity index (χ1n) is 9.67. The zero-order valence-electron chi connectivity index (χ0n) is 16.0. The van der Waals surface area contributed by atoms with Gasteiger partial charge in [0.25, 0.3) is 0 Å². The zero-order valence-corrected chi connectivity index (χ0v) is 16.0. The number of ether oxygens (including phenoxy) is 1. The molecule has 3 N–H and O–H groups in total. The molecule has 1 amide bonds. The lowest BCUT2D eigenvalue weighted by molar-refractivity contribution is -0.121. The van der Waals surface area contributed by atoms with Crippen molar-refractivity contribution >= 4 is 11.9 Å². The smallest absolute Gasteiger partial charge is 0.220 e. The van der Waals surface area contributed by atoms with Crippen LogP contribution in [0.5, 0.6) is 5.75 Å². The van der Waals surface area contributed by atoms with Gasteiger partial charge < -0.3 is 20.7 Å². The van der Waals surface area contributed by atoms with E-state index in [-0.39, 0.29) is 11.9 Å². The van der Waals surface area contributed by atoms with Crippen LogP contribution in [0.3, 0.4) is 0 Å². The zero-order chi connectivity index (χ0) is 18.8. The van der Waals surface area contributed by atoms with Gasteiger partial charge in [-0.2, -0.15) is 0 Å². The summed E-state index contributed by atoms with van der Waals surface area (Å²) >= 11 is 0. The number of nitrogens with two attached hydrogens (primary N) is 1. The average molecular weight is 361 g/mol. The fraction of sp³-hybridized carbons (Fsp3) is 0.600. The third-order valence-corrected chi connectivity index (χ3v) is 4.58. The fourth-order valence-electron chi connectivity index (χ4n) is 3.07. The molecule has 1 aromatic rings. The van der Waals surface area contributed by atoms with Gasteiger partial charge in [-0.25, -0.2) is 0 Å². The molecule has 1 aliphatic heterocycles. The van der Waals surface area contributed by atoms with Crippen LogP contribution >= 0.6 is 0 Å². The summed E-state index contributed by atoms with van der Waals surface area (Å²) in [5.74, 6) is 1.50. The second-order valence-electron chi connectivity index (χ2n) is 6.68. The maximum atomic E-state index is 12.1. The molecule has 1 fully saturated rings. The van der Waals surface area contributed by atoms with Crippen molar-refractivity contribution in [3.05, 3.63) is 29.8 Å². The number of nitrogens with zero attached hydrogens (tertiary/aromatic N) is 2. The molecule has 2 rings (SSSR count). The van der Waals surface area contributed by atoms with Crippen LogP contribution in [-0.4, -0.2) is 43.0 Å². The van der Waals surface area contributed by atoms with E-state index >= 15 is 0 Å². The van der Waals surface area contributed by atoms with Crippen molar-refractivity contribution in [3.63, 3.8) is 0 Å². The van der Waals surface area contributed by atoms with Crippen molar-refractivity contribution in [1.29, 1.82) is 0 Å². The Kier molecular flexibility index (Phi) is 8.25. The van der Waals surface area contributed by atoms with Gasteiger partial charge in [0.2, 0.25) is 5.91 Å². The number of rotatable bonds is 8. The van der Waals surface area contributed by atoms with Crippen LogP contribution in [-0.2, 0) is 4.79 Å². The van der Waals surface area contributed by atoms with Gasteiger partial charge in [-0.05, 0) is 57.2 Å². The molecule has 1 saturated heterocycles. The quantitative estimate of drug-likeness (QED) is 0.424. The SMILES string of the molecule is CCOc1ccc(C(C)NC(=O)CCCN=C(N)N2CCCCC2)cc1. The van der Waals surface area contributed by atoms with Gasteiger partial charge in [-0.1, -0.05) is 12.1 Å². The molecule has 1 atom stereocenters. The maximum absolute atomic E-state index is 12.1. The van der Waals surface area contributed by atoms with Crippen LogP contribution in [0.1, 0.15) is 57.6 Å². The lowest BCUT2D eigenvalue weighted by atomic mass is 10.1. The summed E-state index contributed by atoms with van der Waals surface area (Å²) < 4.78 is 5.44. The Morgan fingerprint density at radius 1 is 1.27 bits per heavy atom. The second-order valence-corrected chi connectivity index (χ2v) is 6.68. The third kappa shape index (κ3) is 6.58. The highest BCUT2D eigenvalue weighted by molar-refractivity contribution is 5.78. The number of hydrogen-bond acceptors (Lipinski definition) is 3. The van der Waals surface area contributed by atoms with Crippen LogP contribution in [0.15, 0.2) is 29.3 Å². The summed E-state index contributed by atoms with van der Waals surface area (Å²) in [5.41, 5.74) is 7.08. The summed E-state index contributed by atoms with van der Waals surface area (Å²) in [4.78, 5) is 18.7. The highest BCUT2D eigenvalue weighted by Crippen LogP contribution is 2.17. The first-order valence-corrected chi connectivity index (χ1v) is 9.67. The van der Waals surface area contributed by atoms with Crippen LogP contribution in [0.25, 0.3) is 0 Å². The van der Waals surface area contributed by atoms with E-state index in [9.17, 15) is 4.79 Å². The summed E-state index contributed by atoms with van der Waals surface area (Å²) in [6, 6.07) is 7.80. The number of likely N-dealkylation sites (tertiary alicyclic amines) is 1. The summed E-state index contributed by atoms with van der Waals surface area (Å²) in [6.45, 7) is 7.18. The monoisotopic (exact) mass is 360 g/mol. The van der Waals surface area contributed by atoms with Crippen molar-refractivity contribution < 1.29 is 9.53 Å². The summed E-state index contributed by atoms with van der Waals surface area (Å²) in [6.07, 6.45) is 4.80. The van der Waals surface area contributed by atoms with Gasteiger partial charge in [-0.3, -0.25) is 9.79 Å². The summed E-state index contributed by atoms with van der Waals surface area (Å²) in [7, 11) is 0. The topological polar surface area (TPSA) is 79.9 Å². The lowest BCUT2D eigenvalue weighted by Crippen LogP contribution is -2.40. The average Bonchev–Trinajstić information content (AvgIpc) is 2.66. The molecule has 1 aliphatic rings. The van der Waals surface area contributed by atoms with Crippen LogP contribution in [0.4, 0.5) is 0 Å². The van der Waals surface area contributed by atoms with E-state index in [1.807, 2.05) is 38.1 Å². The van der Waals surface area contributed by atoms with Crippen LogP contribution in [0, 0.1) is 0 Å². The Bertz CT molecular complexity index is 580. The Hall–Kier alpha value is -2.24. The largest absolute Gasteiger partial charge is 0.494 e. The van der Waals surface area contributed by atoms with Gasteiger partial charge in [0.05, 0.1) is 12.6 Å². The van der Waals surface area contributed by atoms with E-state index in [4.69, 9.17) is 10.5 Å². The number of benzene rings is 1. The van der Waals surface area contributed by atoms with Crippen LogP contribution < -0.4 is 15.8 Å². The number of piperidine rings is 1. The molecular weight excluding hydrogens is 328 g/mol. The molecule has 0 radical (unpaired) electrons. The first kappa shape index (κ1) is 20.1. The normalized spacial score (nSPS) is 16.2. The van der Waals surface area contributed by atoms with Crippen molar-refractivity contribution in [2.24, 2.45) is 10.7 Å². The molecule has 1 unspecified atom stereocenters. The van der Waals surface area contributed by atoms with Gasteiger partial charge >= 0.3 is 0 Å².